The fourth-order valence-electron chi connectivity index (χ4n) is 3.05. The summed E-state index contributed by atoms with van der Waals surface area (Å²) in [4.78, 5) is 23.7. The molecule has 0 aliphatic heterocycles. The van der Waals surface area contributed by atoms with E-state index in [1.54, 1.807) is 50.1 Å². The Hall–Kier alpha value is -3.10. The Morgan fingerprint density at radius 3 is 2.55 bits per heavy atom. The minimum atomic E-state index is -0.355. The maximum atomic E-state index is 12.8. The van der Waals surface area contributed by atoms with E-state index in [1.165, 1.54) is 11.8 Å². The molecule has 0 saturated heterocycles. The summed E-state index contributed by atoms with van der Waals surface area (Å²) in [6, 6.07) is 17.5. The number of carbonyl (C=O) groups excluding carboxylic acids is 1. The zero-order valence-electron chi connectivity index (χ0n) is 17.3. The number of fused-ring (bicyclic) bond motifs is 1. The molecule has 2 heterocycles. The number of benzene rings is 2. The van der Waals surface area contributed by atoms with Crippen molar-refractivity contribution in [2.75, 3.05) is 19.5 Å². The first-order valence-electron chi connectivity index (χ1n) is 9.58. The number of thiophene rings is 1. The van der Waals surface area contributed by atoms with E-state index in [9.17, 15) is 4.79 Å². The molecule has 158 valence electrons. The van der Waals surface area contributed by atoms with Crippen molar-refractivity contribution >= 4 is 44.9 Å². The van der Waals surface area contributed by atoms with E-state index in [4.69, 9.17) is 9.47 Å². The first-order chi connectivity index (χ1) is 15.1. The van der Waals surface area contributed by atoms with Crippen LogP contribution in [0.3, 0.4) is 0 Å². The van der Waals surface area contributed by atoms with Crippen LogP contribution in [-0.2, 0) is 4.79 Å². The van der Waals surface area contributed by atoms with Gasteiger partial charge in [0.05, 0.1) is 19.5 Å². The molecule has 1 unspecified atom stereocenters. The number of rotatable bonds is 7. The van der Waals surface area contributed by atoms with Crippen LogP contribution in [0.25, 0.3) is 20.7 Å². The predicted molar refractivity (Wildman–Crippen MR) is 126 cm³/mol. The highest BCUT2D eigenvalue weighted by Crippen LogP contribution is 2.37. The lowest BCUT2D eigenvalue weighted by molar-refractivity contribution is -0.115. The van der Waals surface area contributed by atoms with E-state index in [0.717, 1.165) is 25.7 Å². The molecule has 0 fully saturated rings. The van der Waals surface area contributed by atoms with Gasteiger partial charge in [0.1, 0.15) is 16.2 Å². The molecule has 1 atom stereocenters. The number of amides is 1. The Labute approximate surface area is 188 Å². The van der Waals surface area contributed by atoms with Gasteiger partial charge in [-0.2, -0.15) is 0 Å². The summed E-state index contributed by atoms with van der Waals surface area (Å²) in [5.74, 6) is 1.05. The van der Waals surface area contributed by atoms with Crippen LogP contribution in [-0.4, -0.2) is 35.3 Å². The summed E-state index contributed by atoms with van der Waals surface area (Å²) in [5.41, 5.74) is 1.78. The van der Waals surface area contributed by atoms with Crippen molar-refractivity contribution in [3.05, 3.63) is 60.9 Å². The normalized spacial score (nSPS) is 11.8. The number of nitrogens with zero attached hydrogens (tertiary/aromatic N) is 2. The summed E-state index contributed by atoms with van der Waals surface area (Å²) in [6.07, 6.45) is 1.55. The van der Waals surface area contributed by atoms with Crippen LogP contribution in [0.1, 0.15) is 6.92 Å². The average Bonchev–Trinajstić information content (AvgIpc) is 3.25. The van der Waals surface area contributed by atoms with Crippen molar-refractivity contribution in [1.29, 1.82) is 0 Å². The number of nitrogens with one attached hydrogen (secondary N) is 1. The highest BCUT2D eigenvalue weighted by molar-refractivity contribution is 8.00. The van der Waals surface area contributed by atoms with E-state index >= 15 is 0 Å². The number of methoxy groups -OCH3 is 2. The van der Waals surface area contributed by atoms with Crippen LogP contribution >= 0.6 is 23.1 Å². The van der Waals surface area contributed by atoms with Crippen molar-refractivity contribution in [3.8, 4) is 21.9 Å². The number of hydrogen-bond acceptors (Lipinski definition) is 7. The van der Waals surface area contributed by atoms with Gasteiger partial charge in [-0.25, -0.2) is 9.97 Å². The zero-order valence-corrected chi connectivity index (χ0v) is 18.9. The van der Waals surface area contributed by atoms with Gasteiger partial charge in [-0.15, -0.1) is 11.3 Å². The average molecular weight is 452 g/mol. The van der Waals surface area contributed by atoms with Gasteiger partial charge in [0.15, 0.2) is 11.5 Å². The summed E-state index contributed by atoms with van der Waals surface area (Å²) in [6.45, 7) is 1.86. The second-order valence-electron chi connectivity index (χ2n) is 6.69. The maximum absolute atomic E-state index is 12.8. The highest BCUT2D eigenvalue weighted by Gasteiger charge is 2.19. The van der Waals surface area contributed by atoms with Crippen molar-refractivity contribution in [2.45, 2.75) is 17.2 Å². The molecule has 8 heteroatoms. The summed E-state index contributed by atoms with van der Waals surface area (Å²) >= 11 is 3.03. The van der Waals surface area contributed by atoms with Gasteiger partial charge in [-0.3, -0.25) is 4.79 Å². The molecule has 4 aromatic rings. The number of ether oxygens (including phenoxy) is 2. The van der Waals surface area contributed by atoms with Gasteiger partial charge in [0, 0.05) is 22.0 Å². The van der Waals surface area contributed by atoms with E-state index in [1.807, 2.05) is 25.1 Å². The smallest absolute Gasteiger partial charge is 0.237 e. The Kier molecular flexibility index (Phi) is 6.39. The minimum Gasteiger partial charge on any atom is -0.493 e. The van der Waals surface area contributed by atoms with E-state index in [-0.39, 0.29) is 11.2 Å². The van der Waals surface area contributed by atoms with Crippen LogP contribution in [0.2, 0.25) is 0 Å². The van der Waals surface area contributed by atoms with Gasteiger partial charge in [0.2, 0.25) is 5.91 Å². The second kappa shape index (κ2) is 9.36. The molecule has 0 radical (unpaired) electrons. The summed E-state index contributed by atoms with van der Waals surface area (Å²) < 4.78 is 10.5. The third-order valence-corrected chi connectivity index (χ3v) is 6.87. The molecule has 0 saturated carbocycles. The van der Waals surface area contributed by atoms with Crippen LogP contribution in [0, 0.1) is 0 Å². The summed E-state index contributed by atoms with van der Waals surface area (Å²) in [5, 5.41) is 4.33. The number of hydrogen-bond donors (Lipinski definition) is 1. The monoisotopic (exact) mass is 451 g/mol. The third-order valence-electron chi connectivity index (χ3n) is 4.66. The molecule has 31 heavy (non-hydrogen) atoms. The molecule has 6 nitrogen and oxygen atoms in total. The van der Waals surface area contributed by atoms with Gasteiger partial charge in [-0.05, 0) is 30.7 Å². The molecule has 1 amide bonds. The van der Waals surface area contributed by atoms with Crippen molar-refractivity contribution in [3.63, 3.8) is 0 Å². The number of carbonyl (C=O) groups is 1. The third kappa shape index (κ3) is 4.65. The molecule has 0 aliphatic carbocycles. The van der Waals surface area contributed by atoms with E-state index in [2.05, 4.69) is 33.5 Å². The predicted octanol–water partition coefficient (Wildman–Crippen LogP) is 5.49. The molecule has 1 N–H and O–H groups in total. The molecule has 0 spiro atoms. The molecular weight excluding hydrogens is 430 g/mol. The fourth-order valence-corrected chi connectivity index (χ4v) is 5.01. The lowest BCUT2D eigenvalue weighted by atomic mass is 10.2. The number of thioether (sulfide) groups is 1. The Morgan fingerprint density at radius 2 is 1.81 bits per heavy atom. The first kappa shape index (κ1) is 21.1. The Balaban J connectivity index is 1.52. The molecule has 4 rings (SSSR count). The molecule has 0 aliphatic rings. The van der Waals surface area contributed by atoms with Gasteiger partial charge >= 0.3 is 0 Å². The van der Waals surface area contributed by atoms with Crippen LogP contribution in [0.4, 0.5) is 5.69 Å². The minimum absolute atomic E-state index is 0.123. The molecule has 0 bridgehead atoms. The van der Waals surface area contributed by atoms with Gasteiger partial charge in [0.25, 0.3) is 0 Å². The Morgan fingerprint density at radius 1 is 1.03 bits per heavy atom. The lowest BCUT2D eigenvalue weighted by Gasteiger charge is -2.14. The van der Waals surface area contributed by atoms with Crippen molar-refractivity contribution in [2.24, 2.45) is 0 Å². The zero-order chi connectivity index (χ0) is 21.8. The fraction of sp³-hybridized carbons (Fsp3) is 0.174. The maximum Gasteiger partial charge on any atom is 0.237 e. The number of anilines is 1. The number of aromatic nitrogens is 2. The van der Waals surface area contributed by atoms with Crippen LogP contribution in [0.5, 0.6) is 11.5 Å². The van der Waals surface area contributed by atoms with E-state index < -0.39 is 0 Å². The largest absolute Gasteiger partial charge is 0.493 e. The standard InChI is InChI=1S/C23H21N3O3S2/c1-14(21(27)26-16-9-10-18(28-2)19(11-16)29-3)30-22-17-12-20(15-7-5-4-6-8-15)31-23(17)25-13-24-22/h4-14H,1-3H3,(H,26,27). The van der Waals surface area contributed by atoms with Crippen LogP contribution < -0.4 is 14.8 Å². The quantitative estimate of drug-likeness (QED) is 0.296. The topological polar surface area (TPSA) is 73.3 Å². The second-order valence-corrected chi connectivity index (χ2v) is 9.05. The van der Waals surface area contributed by atoms with Crippen molar-refractivity contribution in [1.82, 2.24) is 9.97 Å². The SMILES string of the molecule is COc1ccc(NC(=O)C(C)Sc2ncnc3sc(-c4ccccc4)cc23)cc1OC. The highest BCUT2D eigenvalue weighted by atomic mass is 32.2. The van der Waals surface area contributed by atoms with Gasteiger partial charge in [-0.1, -0.05) is 42.1 Å². The van der Waals surface area contributed by atoms with Crippen LogP contribution in [0.15, 0.2) is 66.0 Å². The molecule has 2 aromatic carbocycles. The Bertz CT molecular complexity index is 1210. The molecular formula is C23H21N3O3S2. The van der Waals surface area contributed by atoms with Gasteiger partial charge < -0.3 is 14.8 Å². The molecule has 2 aromatic heterocycles. The van der Waals surface area contributed by atoms with Crippen molar-refractivity contribution < 1.29 is 14.3 Å². The summed E-state index contributed by atoms with van der Waals surface area (Å²) in [7, 11) is 3.14. The first-order valence-corrected chi connectivity index (χ1v) is 11.3. The lowest BCUT2D eigenvalue weighted by Crippen LogP contribution is -2.22. The van der Waals surface area contributed by atoms with E-state index in [0.29, 0.717) is 17.2 Å².